The van der Waals surface area contributed by atoms with Crippen LogP contribution in [0.25, 0.3) is 21.9 Å². The summed E-state index contributed by atoms with van der Waals surface area (Å²) in [6.07, 6.45) is 2.10. The number of nitrogens with zero attached hydrogens (tertiary/aromatic N) is 5. The molecule has 0 aliphatic carbocycles. The van der Waals surface area contributed by atoms with Crippen LogP contribution in [0.15, 0.2) is 33.8 Å². The van der Waals surface area contributed by atoms with Crippen LogP contribution in [0.1, 0.15) is 24.2 Å². The Bertz CT molecular complexity index is 1230. The van der Waals surface area contributed by atoms with Crippen LogP contribution >= 0.6 is 0 Å². The predicted octanol–water partition coefficient (Wildman–Crippen LogP) is 1.14. The predicted molar refractivity (Wildman–Crippen MR) is 98.2 cm³/mol. The highest BCUT2D eigenvalue weighted by molar-refractivity contribution is 6.06. The van der Waals surface area contributed by atoms with Crippen molar-refractivity contribution >= 4 is 27.8 Å². The summed E-state index contributed by atoms with van der Waals surface area (Å²) in [4.78, 5) is 33.4. The van der Waals surface area contributed by atoms with E-state index >= 15 is 0 Å². The zero-order chi connectivity index (χ0) is 19.1. The second-order valence-corrected chi connectivity index (χ2v) is 6.41. The molecule has 0 saturated carbocycles. The smallest absolute Gasteiger partial charge is 0.278 e. The van der Waals surface area contributed by atoms with Gasteiger partial charge in [0.05, 0.1) is 11.8 Å². The third kappa shape index (κ3) is 2.86. The minimum Gasteiger partial charge on any atom is -0.368 e. The quantitative estimate of drug-likeness (QED) is 0.565. The molecule has 0 saturated heterocycles. The van der Waals surface area contributed by atoms with Gasteiger partial charge in [0.15, 0.2) is 5.82 Å². The Kier molecular flexibility index (Phi) is 3.98. The summed E-state index contributed by atoms with van der Waals surface area (Å²) in [6.45, 7) is 3.87. The minimum atomic E-state index is -0.534. The van der Waals surface area contributed by atoms with Gasteiger partial charge < -0.3 is 14.8 Å². The number of benzene rings is 1. The Morgan fingerprint density at radius 3 is 2.85 bits per heavy atom. The van der Waals surface area contributed by atoms with Crippen molar-refractivity contribution in [3.63, 3.8) is 0 Å². The number of aryl methyl sites for hydroxylation is 2. The fraction of sp³-hybridized carbons (Fsp3) is 0.278. The molecule has 3 aromatic heterocycles. The number of aromatic nitrogens is 5. The van der Waals surface area contributed by atoms with Crippen LogP contribution < -0.4 is 11.3 Å². The molecule has 0 aliphatic heterocycles. The average Bonchev–Trinajstić information content (AvgIpc) is 3.20. The van der Waals surface area contributed by atoms with Gasteiger partial charge in [-0.3, -0.25) is 14.2 Å². The molecule has 1 aromatic carbocycles. The molecule has 9 heteroatoms. The average molecular weight is 366 g/mol. The van der Waals surface area contributed by atoms with E-state index in [0.29, 0.717) is 29.2 Å². The molecule has 3 heterocycles. The highest BCUT2D eigenvalue weighted by atomic mass is 16.5. The van der Waals surface area contributed by atoms with Crippen molar-refractivity contribution in [2.24, 2.45) is 5.73 Å². The number of amides is 1. The molecular formula is C18H18N6O3. The molecule has 4 rings (SSSR count). The van der Waals surface area contributed by atoms with Gasteiger partial charge in [0.2, 0.25) is 11.8 Å². The highest BCUT2D eigenvalue weighted by Crippen LogP contribution is 2.26. The second-order valence-electron chi connectivity index (χ2n) is 6.41. The molecule has 138 valence electrons. The van der Waals surface area contributed by atoms with E-state index in [0.717, 1.165) is 16.5 Å². The van der Waals surface area contributed by atoms with E-state index in [4.69, 9.17) is 10.3 Å². The van der Waals surface area contributed by atoms with Crippen molar-refractivity contribution in [1.82, 2.24) is 24.3 Å². The molecule has 27 heavy (non-hydrogen) atoms. The Morgan fingerprint density at radius 1 is 1.33 bits per heavy atom. The van der Waals surface area contributed by atoms with Crippen LogP contribution in [0, 0.1) is 6.92 Å². The standard InChI is InChI=1S/C18H18N6O3/c1-3-14-21-15(27-22-14)8-23-9-20-16-11-6-10(2)4-5-12(11)24(7-13(19)25)17(16)18(23)26/h4-6,9H,3,7-8H2,1-2H3,(H2,19,25). The van der Waals surface area contributed by atoms with E-state index in [2.05, 4.69) is 15.1 Å². The zero-order valence-electron chi connectivity index (χ0n) is 15.0. The third-order valence-electron chi connectivity index (χ3n) is 4.43. The molecule has 4 aromatic rings. The van der Waals surface area contributed by atoms with E-state index in [-0.39, 0.29) is 18.6 Å². The molecule has 0 spiro atoms. The summed E-state index contributed by atoms with van der Waals surface area (Å²) in [6, 6.07) is 5.73. The first kappa shape index (κ1) is 17.0. The van der Waals surface area contributed by atoms with Crippen molar-refractivity contribution in [1.29, 1.82) is 0 Å². The molecule has 0 bridgehead atoms. The maximum atomic E-state index is 13.1. The number of carbonyl (C=O) groups excluding carboxylic acids is 1. The van der Waals surface area contributed by atoms with Gasteiger partial charge in [-0.05, 0) is 19.1 Å². The molecule has 0 radical (unpaired) electrons. The highest BCUT2D eigenvalue weighted by Gasteiger charge is 2.18. The van der Waals surface area contributed by atoms with Gasteiger partial charge in [-0.1, -0.05) is 23.7 Å². The van der Waals surface area contributed by atoms with Gasteiger partial charge in [0.1, 0.15) is 24.1 Å². The van der Waals surface area contributed by atoms with Crippen LogP contribution in [0.2, 0.25) is 0 Å². The van der Waals surface area contributed by atoms with Crippen molar-refractivity contribution in [2.75, 3.05) is 0 Å². The van der Waals surface area contributed by atoms with Gasteiger partial charge >= 0.3 is 0 Å². The van der Waals surface area contributed by atoms with E-state index in [9.17, 15) is 9.59 Å². The van der Waals surface area contributed by atoms with Crippen LogP contribution in [0.5, 0.6) is 0 Å². The van der Waals surface area contributed by atoms with Gasteiger partial charge in [-0.15, -0.1) is 0 Å². The Labute approximate surface area is 153 Å². The van der Waals surface area contributed by atoms with E-state index in [1.807, 2.05) is 32.0 Å². The Balaban J connectivity index is 1.94. The van der Waals surface area contributed by atoms with Crippen molar-refractivity contribution < 1.29 is 9.32 Å². The lowest BCUT2D eigenvalue weighted by Gasteiger charge is -2.06. The zero-order valence-corrected chi connectivity index (χ0v) is 15.0. The van der Waals surface area contributed by atoms with Crippen molar-refractivity contribution in [3.05, 3.63) is 52.2 Å². The van der Waals surface area contributed by atoms with Gasteiger partial charge in [-0.25, -0.2) is 4.98 Å². The number of hydrogen-bond donors (Lipinski definition) is 1. The molecule has 2 N–H and O–H groups in total. The molecular weight excluding hydrogens is 348 g/mol. The van der Waals surface area contributed by atoms with Crippen molar-refractivity contribution in [2.45, 2.75) is 33.4 Å². The second kappa shape index (κ2) is 6.35. The normalized spacial score (nSPS) is 11.5. The molecule has 9 nitrogen and oxygen atoms in total. The fourth-order valence-electron chi connectivity index (χ4n) is 3.19. The maximum absolute atomic E-state index is 13.1. The first-order chi connectivity index (χ1) is 13.0. The molecule has 0 fully saturated rings. The maximum Gasteiger partial charge on any atom is 0.278 e. The number of rotatable bonds is 5. The summed E-state index contributed by atoms with van der Waals surface area (Å²) in [5.74, 6) is 0.363. The third-order valence-corrected chi connectivity index (χ3v) is 4.43. The Hall–Kier alpha value is -3.49. The van der Waals surface area contributed by atoms with Gasteiger partial charge in [0.25, 0.3) is 5.56 Å². The van der Waals surface area contributed by atoms with Gasteiger partial charge in [0, 0.05) is 11.8 Å². The lowest BCUT2D eigenvalue weighted by atomic mass is 10.1. The number of primary amides is 1. The fourth-order valence-corrected chi connectivity index (χ4v) is 3.19. The SMILES string of the molecule is CCc1noc(Cn2cnc3c4cc(C)ccc4n(CC(N)=O)c3c2=O)n1. The topological polar surface area (TPSA) is 122 Å². The van der Waals surface area contributed by atoms with E-state index < -0.39 is 5.91 Å². The molecule has 0 aliphatic rings. The van der Waals surface area contributed by atoms with Crippen LogP contribution in [0.4, 0.5) is 0 Å². The van der Waals surface area contributed by atoms with E-state index in [1.165, 1.54) is 10.9 Å². The molecule has 0 atom stereocenters. The number of fused-ring (bicyclic) bond motifs is 3. The number of hydrogen-bond acceptors (Lipinski definition) is 6. The van der Waals surface area contributed by atoms with Crippen LogP contribution in [0.3, 0.4) is 0 Å². The lowest BCUT2D eigenvalue weighted by molar-refractivity contribution is -0.118. The number of nitrogens with two attached hydrogens (primary N) is 1. The summed E-state index contributed by atoms with van der Waals surface area (Å²) in [7, 11) is 0. The van der Waals surface area contributed by atoms with E-state index in [1.54, 1.807) is 4.57 Å². The minimum absolute atomic E-state index is 0.103. The monoisotopic (exact) mass is 366 g/mol. The van der Waals surface area contributed by atoms with Gasteiger partial charge in [-0.2, -0.15) is 4.98 Å². The summed E-state index contributed by atoms with van der Waals surface area (Å²) in [5.41, 5.74) is 7.74. The summed E-state index contributed by atoms with van der Waals surface area (Å²) >= 11 is 0. The molecule has 1 amide bonds. The first-order valence-electron chi connectivity index (χ1n) is 8.55. The lowest BCUT2D eigenvalue weighted by Crippen LogP contribution is -2.25. The van der Waals surface area contributed by atoms with Crippen LogP contribution in [-0.4, -0.2) is 30.2 Å². The summed E-state index contributed by atoms with van der Waals surface area (Å²) < 4.78 is 8.17. The van der Waals surface area contributed by atoms with Crippen molar-refractivity contribution in [3.8, 4) is 0 Å². The summed E-state index contributed by atoms with van der Waals surface area (Å²) in [5, 5.41) is 4.64. The molecule has 0 unspecified atom stereocenters. The first-order valence-corrected chi connectivity index (χ1v) is 8.55. The number of carbonyl (C=O) groups is 1. The largest absolute Gasteiger partial charge is 0.368 e. The Morgan fingerprint density at radius 2 is 2.15 bits per heavy atom. The van der Waals surface area contributed by atoms with Crippen LogP contribution in [-0.2, 0) is 24.3 Å².